The minimum Gasteiger partial charge on any atom is -0.305 e. The number of Topliss-reactive ketones (excluding diaryl/α,β-unsaturated/α-hetero) is 1. The van der Waals surface area contributed by atoms with E-state index in [0.29, 0.717) is 5.69 Å². The van der Waals surface area contributed by atoms with Crippen molar-refractivity contribution in [1.82, 2.24) is 15.1 Å². The summed E-state index contributed by atoms with van der Waals surface area (Å²) in [6.07, 6.45) is 3.60. The van der Waals surface area contributed by atoms with E-state index < -0.39 is 5.54 Å². The lowest BCUT2D eigenvalue weighted by atomic mass is 9.92. The van der Waals surface area contributed by atoms with Crippen LogP contribution < -0.4 is 5.32 Å². The van der Waals surface area contributed by atoms with Gasteiger partial charge in [-0.3, -0.25) is 4.79 Å². The van der Waals surface area contributed by atoms with Gasteiger partial charge in [0.05, 0.1) is 17.4 Å². The number of nitrogens with zero attached hydrogens (tertiary/aromatic N) is 2. The van der Waals surface area contributed by atoms with Crippen LogP contribution in [0.5, 0.6) is 0 Å². The second kappa shape index (κ2) is 4.63. The third kappa shape index (κ3) is 2.08. The summed E-state index contributed by atoms with van der Waals surface area (Å²) >= 11 is 0. The van der Waals surface area contributed by atoms with Gasteiger partial charge in [-0.25, -0.2) is 4.68 Å². The quantitative estimate of drug-likeness (QED) is 0.855. The Hall–Kier alpha value is -1.94. The molecule has 1 N–H and O–H groups in total. The van der Waals surface area contributed by atoms with Crippen molar-refractivity contribution in [3.8, 4) is 5.69 Å². The molecule has 19 heavy (non-hydrogen) atoms. The van der Waals surface area contributed by atoms with Crippen LogP contribution in [-0.2, 0) is 0 Å². The van der Waals surface area contributed by atoms with Crippen LogP contribution in [0, 0.1) is 0 Å². The lowest BCUT2D eigenvalue weighted by molar-refractivity contribution is 0.0876. The van der Waals surface area contributed by atoms with E-state index in [9.17, 15) is 4.79 Å². The lowest BCUT2D eigenvalue weighted by Gasteiger charge is -2.22. The summed E-state index contributed by atoms with van der Waals surface area (Å²) in [4.78, 5) is 12.7. The van der Waals surface area contributed by atoms with Crippen LogP contribution in [-0.4, -0.2) is 27.6 Å². The molecule has 0 saturated carbocycles. The van der Waals surface area contributed by atoms with Crippen LogP contribution in [0.1, 0.15) is 30.3 Å². The molecule has 0 radical (unpaired) electrons. The van der Waals surface area contributed by atoms with Crippen molar-refractivity contribution >= 4 is 5.78 Å². The lowest BCUT2D eigenvalue weighted by Crippen LogP contribution is -2.45. The number of aromatic nitrogens is 2. The molecule has 3 rings (SSSR count). The second-order valence-corrected chi connectivity index (χ2v) is 5.16. The van der Waals surface area contributed by atoms with Gasteiger partial charge in [0.1, 0.15) is 5.69 Å². The highest BCUT2D eigenvalue weighted by Gasteiger charge is 2.38. The Morgan fingerprint density at radius 2 is 2.11 bits per heavy atom. The standard InChI is InChI=1S/C15H17N3O/c1-15(9-5-10-16-15)14(19)13-8-11-17-18(13)12-6-3-2-4-7-12/h2-4,6-8,11,16H,5,9-10H2,1H3. The maximum absolute atomic E-state index is 12.7. The fraction of sp³-hybridized carbons (Fsp3) is 0.333. The zero-order chi connectivity index (χ0) is 13.3. The predicted octanol–water partition coefficient (Wildman–Crippen LogP) is 2.20. The number of benzene rings is 1. The van der Waals surface area contributed by atoms with Crippen molar-refractivity contribution in [2.75, 3.05) is 6.54 Å². The normalized spacial score (nSPS) is 22.6. The average molecular weight is 255 g/mol. The minimum atomic E-state index is -0.452. The Labute approximate surface area is 112 Å². The van der Waals surface area contributed by atoms with Gasteiger partial charge in [0.25, 0.3) is 0 Å². The summed E-state index contributed by atoms with van der Waals surface area (Å²) < 4.78 is 1.72. The Balaban J connectivity index is 1.99. The zero-order valence-electron chi connectivity index (χ0n) is 11.0. The minimum absolute atomic E-state index is 0.117. The van der Waals surface area contributed by atoms with Crippen LogP contribution >= 0.6 is 0 Å². The van der Waals surface area contributed by atoms with E-state index in [1.165, 1.54) is 0 Å². The van der Waals surface area contributed by atoms with Gasteiger partial charge >= 0.3 is 0 Å². The van der Waals surface area contributed by atoms with Crippen molar-refractivity contribution in [3.63, 3.8) is 0 Å². The molecule has 1 fully saturated rings. The van der Waals surface area contributed by atoms with Gasteiger partial charge in [0.2, 0.25) is 5.78 Å². The molecule has 2 heterocycles. The number of ketones is 1. The summed E-state index contributed by atoms with van der Waals surface area (Å²) in [6, 6.07) is 11.5. The molecule has 1 saturated heterocycles. The van der Waals surface area contributed by atoms with E-state index in [1.54, 1.807) is 16.9 Å². The van der Waals surface area contributed by atoms with Crippen LogP contribution in [0.4, 0.5) is 0 Å². The Kier molecular flexibility index (Phi) is 2.95. The first-order chi connectivity index (χ1) is 9.21. The van der Waals surface area contributed by atoms with Gasteiger partial charge in [0, 0.05) is 0 Å². The Morgan fingerprint density at radius 1 is 1.32 bits per heavy atom. The fourth-order valence-electron chi connectivity index (χ4n) is 2.62. The van der Waals surface area contributed by atoms with Gasteiger partial charge < -0.3 is 5.32 Å². The summed E-state index contributed by atoms with van der Waals surface area (Å²) in [7, 11) is 0. The molecule has 0 bridgehead atoms. The molecule has 1 aromatic heterocycles. The van der Waals surface area contributed by atoms with E-state index in [1.807, 2.05) is 37.3 Å². The Bertz CT molecular complexity index is 582. The maximum atomic E-state index is 12.7. The molecule has 1 aromatic carbocycles. The van der Waals surface area contributed by atoms with E-state index in [-0.39, 0.29) is 5.78 Å². The molecule has 98 valence electrons. The highest BCUT2D eigenvalue weighted by Crippen LogP contribution is 2.24. The second-order valence-electron chi connectivity index (χ2n) is 5.16. The average Bonchev–Trinajstić information content (AvgIpc) is 3.08. The van der Waals surface area contributed by atoms with Crippen LogP contribution in [0.25, 0.3) is 5.69 Å². The molecular formula is C15H17N3O. The number of para-hydroxylation sites is 1. The van der Waals surface area contributed by atoms with E-state index >= 15 is 0 Å². The van der Waals surface area contributed by atoms with Crippen molar-refractivity contribution < 1.29 is 4.79 Å². The summed E-state index contributed by atoms with van der Waals surface area (Å²) in [5, 5.41) is 7.59. The van der Waals surface area contributed by atoms with Gasteiger partial charge in [0.15, 0.2) is 0 Å². The van der Waals surface area contributed by atoms with Crippen LogP contribution in [0.2, 0.25) is 0 Å². The van der Waals surface area contributed by atoms with E-state index in [0.717, 1.165) is 25.1 Å². The summed E-state index contributed by atoms with van der Waals surface area (Å²) in [6.45, 7) is 2.88. The number of hydrogen-bond acceptors (Lipinski definition) is 3. The summed E-state index contributed by atoms with van der Waals surface area (Å²) in [5.41, 5.74) is 1.10. The van der Waals surface area contributed by atoms with Crippen molar-refractivity contribution in [1.29, 1.82) is 0 Å². The first-order valence-corrected chi connectivity index (χ1v) is 6.60. The molecule has 1 unspecified atom stereocenters. The van der Waals surface area contributed by atoms with E-state index in [2.05, 4.69) is 10.4 Å². The molecule has 4 nitrogen and oxygen atoms in total. The fourth-order valence-corrected chi connectivity index (χ4v) is 2.62. The van der Waals surface area contributed by atoms with Crippen molar-refractivity contribution in [3.05, 3.63) is 48.3 Å². The first-order valence-electron chi connectivity index (χ1n) is 6.60. The molecule has 1 atom stereocenters. The third-order valence-corrected chi connectivity index (χ3v) is 3.75. The number of rotatable bonds is 3. The van der Waals surface area contributed by atoms with Gasteiger partial charge in [-0.1, -0.05) is 18.2 Å². The first kappa shape index (κ1) is 12.1. The number of carbonyl (C=O) groups excluding carboxylic acids is 1. The van der Waals surface area contributed by atoms with Crippen molar-refractivity contribution in [2.24, 2.45) is 0 Å². The number of carbonyl (C=O) groups is 1. The largest absolute Gasteiger partial charge is 0.305 e. The van der Waals surface area contributed by atoms with E-state index in [4.69, 9.17) is 0 Å². The highest BCUT2D eigenvalue weighted by molar-refractivity contribution is 6.02. The SMILES string of the molecule is CC1(C(=O)c2ccnn2-c2ccccc2)CCCN1. The molecule has 0 spiro atoms. The molecule has 1 aliphatic heterocycles. The molecule has 0 aliphatic carbocycles. The highest BCUT2D eigenvalue weighted by atomic mass is 16.1. The topological polar surface area (TPSA) is 46.9 Å². The Morgan fingerprint density at radius 3 is 2.79 bits per heavy atom. The number of nitrogens with one attached hydrogen (secondary N) is 1. The van der Waals surface area contributed by atoms with Crippen molar-refractivity contribution in [2.45, 2.75) is 25.3 Å². The van der Waals surface area contributed by atoms with Gasteiger partial charge in [-0.05, 0) is 44.5 Å². The molecule has 4 heteroatoms. The number of hydrogen-bond donors (Lipinski definition) is 1. The monoisotopic (exact) mass is 255 g/mol. The van der Waals surface area contributed by atoms with Crippen LogP contribution in [0.15, 0.2) is 42.6 Å². The molecule has 1 aliphatic rings. The van der Waals surface area contributed by atoms with Crippen LogP contribution in [0.3, 0.4) is 0 Å². The smallest absolute Gasteiger partial charge is 0.200 e. The molecule has 0 amide bonds. The molecule has 2 aromatic rings. The zero-order valence-corrected chi connectivity index (χ0v) is 11.0. The maximum Gasteiger partial charge on any atom is 0.200 e. The third-order valence-electron chi connectivity index (χ3n) is 3.75. The summed E-state index contributed by atoms with van der Waals surface area (Å²) in [5.74, 6) is 0.117. The van der Waals surface area contributed by atoms with Gasteiger partial charge in [-0.2, -0.15) is 5.10 Å². The van der Waals surface area contributed by atoms with Gasteiger partial charge in [-0.15, -0.1) is 0 Å². The predicted molar refractivity (Wildman–Crippen MR) is 73.5 cm³/mol. The molecular weight excluding hydrogens is 238 g/mol.